The van der Waals surface area contributed by atoms with Crippen LogP contribution in [0.1, 0.15) is 16.8 Å². The molecule has 2 atom stereocenters. The molecule has 2 heterocycles. The van der Waals surface area contributed by atoms with Gasteiger partial charge in [0.25, 0.3) is 5.91 Å². The first kappa shape index (κ1) is 18.6. The van der Waals surface area contributed by atoms with Gasteiger partial charge in [-0.15, -0.1) is 0 Å². The molecule has 7 heteroatoms. The first-order chi connectivity index (χ1) is 14.1. The molecular weight excluding hydrogens is 366 g/mol. The number of hydrogen-bond acceptors (Lipinski definition) is 4. The average Bonchev–Trinajstić information content (AvgIpc) is 3.26. The van der Waals surface area contributed by atoms with E-state index in [9.17, 15) is 9.59 Å². The van der Waals surface area contributed by atoms with Crippen molar-refractivity contribution in [3.63, 3.8) is 0 Å². The lowest BCUT2D eigenvalue weighted by Gasteiger charge is -2.40. The molecule has 1 aromatic heterocycles. The normalized spacial score (nSPS) is 21.4. The molecule has 1 aliphatic heterocycles. The van der Waals surface area contributed by atoms with E-state index in [0.29, 0.717) is 18.5 Å². The SMILES string of the molecule is N#Cc1ccc(C[N+]2(c3ccccc3)CC(=O)NC(Cc3cnc[nH]3)C2=O)cc1. The van der Waals surface area contributed by atoms with E-state index in [1.807, 2.05) is 42.5 Å². The van der Waals surface area contributed by atoms with E-state index in [2.05, 4.69) is 21.4 Å². The average molecular weight is 386 g/mol. The third kappa shape index (κ3) is 3.66. The number of nitrogens with zero attached hydrogens (tertiary/aromatic N) is 3. The highest BCUT2D eigenvalue weighted by Gasteiger charge is 2.49. The molecule has 0 radical (unpaired) electrons. The van der Waals surface area contributed by atoms with Gasteiger partial charge in [-0.2, -0.15) is 5.26 Å². The number of rotatable bonds is 5. The Morgan fingerprint density at radius 3 is 2.52 bits per heavy atom. The van der Waals surface area contributed by atoms with Gasteiger partial charge in [-0.05, 0) is 24.3 Å². The molecule has 1 fully saturated rings. The number of amides is 2. The van der Waals surface area contributed by atoms with Gasteiger partial charge < -0.3 is 10.3 Å². The third-order valence-corrected chi connectivity index (χ3v) is 5.23. The summed E-state index contributed by atoms with van der Waals surface area (Å²) in [4.78, 5) is 33.4. The Kier molecular flexibility index (Phi) is 4.94. The van der Waals surface area contributed by atoms with Crippen molar-refractivity contribution in [2.24, 2.45) is 0 Å². The first-order valence-corrected chi connectivity index (χ1v) is 9.33. The number of H-pyrrole nitrogens is 1. The van der Waals surface area contributed by atoms with Crippen LogP contribution in [0.3, 0.4) is 0 Å². The van der Waals surface area contributed by atoms with Crippen LogP contribution < -0.4 is 9.80 Å². The van der Waals surface area contributed by atoms with Gasteiger partial charge in [-0.1, -0.05) is 30.3 Å². The van der Waals surface area contributed by atoms with Crippen LogP contribution in [0.4, 0.5) is 5.69 Å². The number of carbonyl (C=O) groups is 2. The summed E-state index contributed by atoms with van der Waals surface area (Å²) >= 11 is 0. The molecule has 29 heavy (non-hydrogen) atoms. The lowest BCUT2D eigenvalue weighted by Crippen LogP contribution is -2.69. The molecule has 1 aliphatic rings. The van der Waals surface area contributed by atoms with Crippen LogP contribution in [0, 0.1) is 11.3 Å². The summed E-state index contributed by atoms with van der Waals surface area (Å²) in [6.45, 7) is 0.365. The number of nitriles is 1. The predicted octanol–water partition coefficient (Wildman–Crippen LogP) is 2.06. The molecule has 0 spiro atoms. The van der Waals surface area contributed by atoms with Crippen LogP contribution in [0.15, 0.2) is 67.1 Å². The highest BCUT2D eigenvalue weighted by atomic mass is 16.2. The first-order valence-electron chi connectivity index (χ1n) is 9.33. The van der Waals surface area contributed by atoms with E-state index in [-0.39, 0.29) is 22.8 Å². The fourth-order valence-corrected chi connectivity index (χ4v) is 3.83. The zero-order valence-electron chi connectivity index (χ0n) is 15.7. The molecule has 1 saturated heterocycles. The van der Waals surface area contributed by atoms with Crippen molar-refractivity contribution in [1.29, 1.82) is 5.26 Å². The topological polar surface area (TPSA) is 98.6 Å². The molecular formula is C22H20N5O2+. The quantitative estimate of drug-likeness (QED) is 0.656. The van der Waals surface area contributed by atoms with Gasteiger partial charge in [0, 0.05) is 23.9 Å². The summed E-state index contributed by atoms with van der Waals surface area (Å²) in [5, 5.41) is 11.9. The molecule has 4 rings (SSSR count). The highest BCUT2D eigenvalue weighted by Crippen LogP contribution is 2.30. The molecule has 7 nitrogen and oxygen atoms in total. The number of aromatic amines is 1. The summed E-state index contributed by atoms with van der Waals surface area (Å²) in [5.74, 6) is -0.249. The van der Waals surface area contributed by atoms with Crippen molar-refractivity contribution in [2.75, 3.05) is 6.54 Å². The second kappa shape index (κ2) is 7.70. The van der Waals surface area contributed by atoms with E-state index in [4.69, 9.17) is 5.26 Å². The van der Waals surface area contributed by atoms with E-state index < -0.39 is 6.04 Å². The maximum absolute atomic E-state index is 13.7. The van der Waals surface area contributed by atoms with Gasteiger partial charge in [0.15, 0.2) is 12.6 Å². The zero-order valence-corrected chi connectivity index (χ0v) is 15.7. The molecule has 144 valence electrons. The molecule has 2 unspecified atom stereocenters. The van der Waals surface area contributed by atoms with Crippen LogP contribution in [0.25, 0.3) is 0 Å². The largest absolute Gasteiger partial charge is 0.348 e. The molecule has 0 saturated carbocycles. The van der Waals surface area contributed by atoms with Gasteiger partial charge in [0.05, 0.1) is 18.0 Å². The van der Waals surface area contributed by atoms with Crippen molar-refractivity contribution in [3.05, 3.63) is 83.9 Å². The van der Waals surface area contributed by atoms with Crippen LogP contribution in [-0.2, 0) is 22.6 Å². The molecule has 3 aromatic rings. The minimum Gasteiger partial charge on any atom is -0.348 e. The Labute approximate surface area is 168 Å². The predicted molar refractivity (Wildman–Crippen MR) is 107 cm³/mol. The summed E-state index contributed by atoms with van der Waals surface area (Å²) in [5.41, 5.74) is 3.00. The number of imidazole rings is 1. The Balaban J connectivity index is 1.75. The van der Waals surface area contributed by atoms with E-state index in [0.717, 1.165) is 16.9 Å². The number of nitrogens with one attached hydrogen (secondary N) is 2. The summed E-state index contributed by atoms with van der Waals surface area (Å²) < 4.78 is -0.0998. The van der Waals surface area contributed by atoms with E-state index >= 15 is 0 Å². The van der Waals surface area contributed by atoms with E-state index in [1.54, 1.807) is 24.7 Å². The van der Waals surface area contributed by atoms with Crippen molar-refractivity contribution < 1.29 is 9.59 Å². The summed E-state index contributed by atoms with van der Waals surface area (Å²) in [7, 11) is 0. The van der Waals surface area contributed by atoms with Gasteiger partial charge in [-0.3, -0.25) is 4.79 Å². The Morgan fingerprint density at radius 2 is 1.86 bits per heavy atom. The summed E-state index contributed by atoms with van der Waals surface area (Å²) in [6.07, 6.45) is 3.57. The van der Waals surface area contributed by atoms with Crippen molar-refractivity contribution in [1.82, 2.24) is 19.8 Å². The lowest BCUT2D eigenvalue weighted by atomic mass is 10.0. The molecule has 0 aliphatic carbocycles. The Bertz CT molecular complexity index is 1050. The lowest BCUT2D eigenvalue weighted by molar-refractivity contribution is -0.144. The fraction of sp³-hybridized carbons (Fsp3) is 0.182. The Hall–Kier alpha value is -3.76. The van der Waals surface area contributed by atoms with Crippen LogP contribution in [-0.4, -0.2) is 34.4 Å². The van der Waals surface area contributed by atoms with Gasteiger partial charge in [-0.25, -0.2) is 14.3 Å². The minimum atomic E-state index is -0.657. The number of piperazine rings is 1. The second-order valence-corrected chi connectivity index (χ2v) is 7.17. The van der Waals surface area contributed by atoms with Crippen LogP contribution in [0.2, 0.25) is 0 Å². The van der Waals surface area contributed by atoms with Gasteiger partial charge >= 0.3 is 5.91 Å². The van der Waals surface area contributed by atoms with E-state index in [1.165, 1.54) is 0 Å². The molecule has 2 N–H and O–H groups in total. The number of para-hydroxylation sites is 1. The maximum atomic E-state index is 13.7. The minimum absolute atomic E-state index is 0.0301. The number of benzene rings is 2. The monoisotopic (exact) mass is 386 g/mol. The third-order valence-electron chi connectivity index (χ3n) is 5.23. The Morgan fingerprint density at radius 1 is 1.10 bits per heavy atom. The number of hydrogen-bond donors (Lipinski definition) is 2. The smallest absolute Gasteiger partial charge is 0.342 e. The van der Waals surface area contributed by atoms with Crippen molar-refractivity contribution in [2.45, 2.75) is 19.0 Å². The molecule has 0 bridgehead atoms. The maximum Gasteiger partial charge on any atom is 0.342 e. The van der Waals surface area contributed by atoms with Crippen molar-refractivity contribution in [3.8, 4) is 6.07 Å². The zero-order chi connectivity index (χ0) is 20.3. The molecule has 2 aromatic carbocycles. The highest BCUT2D eigenvalue weighted by molar-refractivity contribution is 6.02. The number of quaternary nitrogens is 1. The van der Waals surface area contributed by atoms with Gasteiger partial charge in [0.2, 0.25) is 0 Å². The summed E-state index contributed by atoms with van der Waals surface area (Å²) in [6, 6.07) is 18.0. The van der Waals surface area contributed by atoms with Gasteiger partial charge in [0.1, 0.15) is 12.2 Å². The van der Waals surface area contributed by atoms with Crippen LogP contribution in [0.5, 0.6) is 0 Å². The van der Waals surface area contributed by atoms with Crippen molar-refractivity contribution >= 4 is 17.5 Å². The number of aromatic nitrogens is 2. The standard InChI is InChI=1S/C22H19N5O2/c23-11-16-6-8-17(9-7-16)13-27(19-4-2-1-3-5-19)14-21(28)26-20(22(27)29)10-18-12-24-15-25-18/h1-9,12,15,20H,10,13-14H2,(H-,24,25,26,28)/p+1. The second-order valence-electron chi connectivity index (χ2n) is 7.17. The molecule has 2 amide bonds. The fourth-order valence-electron chi connectivity index (χ4n) is 3.83. The van der Waals surface area contributed by atoms with Crippen LogP contribution >= 0.6 is 0 Å². The number of carbonyl (C=O) groups excluding carboxylic acids is 2.